The van der Waals surface area contributed by atoms with Gasteiger partial charge < -0.3 is 4.90 Å². The van der Waals surface area contributed by atoms with Crippen molar-refractivity contribution < 1.29 is 0 Å². The zero-order chi connectivity index (χ0) is 12.9. The molecule has 0 unspecified atom stereocenters. The third kappa shape index (κ3) is 3.37. The van der Waals surface area contributed by atoms with Gasteiger partial charge in [-0.25, -0.2) is 0 Å². The predicted molar refractivity (Wildman–Crippen MR) is 83.1 cm³/mol. The Morgan fingerprint density at radius 1 is 0.947 bits per heavy atom. The highest BCUT2D eigenvalue weighted by molar-refractivity contribution is 7.08. The van der Waals surface area contributed by atoms with Gasteiger partial charge in [-0.3, -0.25) is 4.90 Å². The lowest BCUT2D eigenvalue weighted by atomic mass is 10.1. The molecule has 1 saturated heterocycles. The minimum atomic E-state index is 1.16. The van der Waals surface area contributed by atoms with Crippen LogP contribution in [0.15, 0.2) is 47.2 Å². The second kappa shape index (κ2) is 6.22. The van der Waals surface area contributed by atoms with Gasteiger partial charge in [0.1, 0.15) is 0 Å². The molecular weight excluding hydrogens is 252 g/mol. The van der Waals surface area contributed by atoms with Crippen LogP contribution in [0.5, 0.6) is 0 Å². The smallest absolute Gasteiger partial charge is 0.0475 e. The van der Waals surface area contributed by atoms with Crippen LogP contribution >= 0.6 is 11.3 Å². The van der Waals surface area contributed by atoms with E-state index in [4.69, 9.17) is 0 Å². The van der Waals surface area contributed by atoms with Crippen LogP contribution in [0.4, 0.5) is 5.69 Å². The van der Waals surface area contributed by atoms with E-state index in [0.717, 1.165) is 13.1 Å². The van der Waals surface area contributed by atoms with Crippen molar-refractivity contribution in [3.05, 3.63) is 52.7 Å². The number of benzene rings is 1. The maximum absolute atomic E-state index is 2.58. The molecule has 0 bridgehead atoms. The lowest BCUT2D eigenvalue weighted by Gasteiger charge is -2.35. The third-order valence-corrected chi connectivity index (χ3v) is 4.47. The number of rotatable bonds is 4. The fraction of sp³-hybridized carbons (Fsp3) is 0.375. The van der Waals surface area contributed by atoms with Crippen molar-refractivity contribution >= 4 is 17.0 Å². The third-order valence-electron chi connectivity index (χ3n) is 3.80. The summed E-state index contributed by atoms with van der Waals surface area (Å²) < 4.78 is 0. The molecule has 1 aromatic carbocycles. The van der Waals surface area contributed by atoms with Crippen LogP contribution in [0.2, 0.25) is 0 Å². The maximum atomic E-state index is 2.58. The van der Waals surface area contributed by atoms with Crippen molar-refractivity contribution in [3.63, 3.8) is 0 Å². The molecule has 0 aliphatic carbocycles. The van der Waals surface area contributed by atoms with Crippen molar-refractivity contribution in [1.29, 1.82) is 0 Å². The van der Waals surface area contributed by atoms with E-state index >= 15 is 0 Å². The van der Waals surface area contributed by atoms with Crippen LogP contribution in [-0.4, -0.2) is 37.6 Å². The fourth-order valence-corrected chi connectivity index (χ4v) is 3.26. The average molecular weight is 272 g/mol. The average Bonchev–Trinajstić information content (AvgIpc) is 3.01. The van der Waals surface area contributed by atoms with Crippen LogP contribution in [0.25, 0.3) is 0 Å². The topological polar surface area (TPSA) is 6.48 Å². The Morgan fingerprint density at radius 3 is 2.42 bits per heavy atom. The van der Waals surface area contributed by atoms with Gasteiger partial charge in [0, 0.05) is 43.8 Å². The lowest BCUT2D eigenvalue weighted by molar-refractivity contribution is 0.261. The lowest BCUT2D eigenvalue weighted by Crippen LogP contribution is -2.46. The standard InChI is InChI=1S/C16H20N2S/c1-2-4-15(5-3-1)6-8-17-9-11-18(12-10-17)16-7-13-19-14-16/h1-5,7,13-14H,6,8-12H2. The van der Waals surface area contributed by atoms with E-state index in [1.54, 1.807) is 11.3 Å². The number of hydrogen-bond donors (Lipinski definition) is 0. The number of anilines is 1. The summed E-state index contributed by atoms with van der Waals surface area (Å²) in [6.45, 7) is 5.86. The molecule has 3 rings (SSSR count). The second-order valence-electron chi connectivity index (χ2n) is 5.05. The molecule has 0 radical (unpaired) electrons. The van der Waals surface area contributed by atoms with Gasteiger partial charge in [-0.2, -0.15) is 11.3 Å². The molecule has 2 aromatic rings. The Labute approximate surface area is 119 Å². The molecule has 1 aromatic heterocycles. The zero-order valence-corrected chi connectivity index (χ0v) is 12.0. The molecule has 0 N–H and O–H groups in total. The van der Waals surface area contributed by atoms with Crippen molar-refractivity contribution in [1.82, 2.24) is 4.90 Å². The number of thiophene rings is 1. The normalized spacial score (nSPS) is 16.7. The number of nitrogens with zero attached hydrogens (tertiary/aromatic N) is 2. The van der Waals surface area contributed by atoms with Crippen molar-refractivity contribution in [3.8, 4) is 0 Å². The predicted octanol–water partition coefficient (Wildman–Crippen LogP) is 3.11. The van der Waals surface area contributed by atoms with Gasteiger partial charge in [0.2, 0.25) is 0 Å². The first-order valence-electron chi connectivity index (χ1n) is 6.95. The van der Waals surface area contributed by atoms with E-state index in [0.29, 0.717) is 0 Å². The van der Waals surface area contributed by atoms with Gasteiger partial charge in [0.25, 0.3) is 0 Å². The van der Waals surface area contributed by atoms with Crippen LogP contribution < -0.4 is 4.90 Å². The van der Waals surface area contributed by atoms with E-state index in [9.17, 15) is 0 Å². The van der Waals surface area contributed by atoms with E-state index in [2.05, 4.69) is 57.0 Å². The summed E-state index contributed by atoms with van der Waals surface area (Å²) in [5.41, 5.74) is 2.84. The van der Waals surface area contributed by atoms with Gasteiger partial charge in [-0.15, -0.1) is 0 Å². The first-order valence-corrected chi connectivity index (χ1v) is 7.89. The first-order chi connectivity index (χ1) is 9.42. The molecule has 0 saturated carbocycles. The summed E-state index contributed by atoms with van der Waals surface area (Å²) >= 11 is 1.79. The van der Waals surface area contributed by atoms with Crippen molar-refractivity contribution in [2.75, 3.05) is 37.6 Å². The highest BCUT2D eigenvalue weighted by Crippen LogP contribution is 2.19. The molecule has 0 spiro atoms. The van der Waals surface area contributed by atoms with Gasteiger partial charge in [0.15, 0.2) is 0 Å². The largest absolute Gasteiger partial charge is 0.368 e. The minimum Gasteiger partial charge on any atom is -0.368 e. The summed E-state index contributed by atoms with van der Waals surface area (Å²) in [7, 11) is 0. The Bertz CT molecular complexity index is 473. The molecule has 2 heterocycles. The quantitative estimate of drug-likeness (QED) is 0.844. The maximum Gasteiger partial charge on any atom is 0.0475 e. The molecule has 0 amide bonds. The monoisotopic (exact) mass is 272 g/mol. The van der Waals surface area contributed by atoms with Crippen molar-refractivity contribution in [2.24, 2.45) is 0 Å². The van der Waals surface area contributed by atoms with Gasteiger partial charge >= 0.3 is 0 Å². The Balaban J connectivity index is 1.46. The second-order valence-corrected chi connectivity index (χ2v) is 5.83. The minimum absolute atomic E-state index is 1.16. The summed E-state index contributed by atoms with van der Waals surface area (Å²) in [5.74, 6) is 0. The molecule has 100 valence electrons. The molecular formula is C16H20N2S. The molecule has 0 atom stereocenters. The van der Waals surface area contributed by atoms with Crippen molar-refractivity contribution in [2.45, 2.75) is 6.42 Å². The Kier molecular flexibility index (Phi) is 4.16. The molecule has 1 aliphatic heterocycles. The highest BCUT2D eigenvalue weighted by Gasteiger charge is 2.16. The summed E-state index contributed by atoms with van der Waals surface area (Å²) in [4.78, 5) is 5.07. The number of piperazine rings is 1. The fourth-order valence-electron chi connectivity index (χ4n) is 2.60. The summed E-state index contributed by atoms with van der Waals surface area (Å²) in [6.07, 6.45) is 1.17. The van der Waals surface area contributed by atoms with E-state index in [-0.39, 0.29) is 0 Å². The first kappa shape index (κ1) is 12.7. The van der Waals surface area contributed by atoms with Gasteiger partial charge in [0.05, 0.1) is 0 Å². The zero-order valence-electron chi connectivity index (χ0n) is 11.2. The summed E-state index contributed by atoms with van der Waals surface area (Å²) in [5, 5.41) is 4.41. The molecule has 2 nitrogen and oxygen atoms in total. The highest BCUT2D eigenvalue weighted by atomic mass is 32.1. The number of hydrogen-bond acceptors (Lipinski definition) is 3. The molecule has 3 heteroatoms. The Morgan fingerprint density at radius 2 is 1.74 bits per heavy atom. The SMILES string of the molecule is c1ccc(CCN2CCN(c3ccsc3)CC2)cc1. The van der Waals surface area contributed by atoms with E-state index < -0.39 is 0 Å². The Hall–Kier alpha value is -1.32. The van der Waals surface area contributed by atoms with E-state index in [1.807, 2.05) is 0 Å². The summed E-state index contributed by atoms with van der Waals surface area (Å²) in [6, 6.07) is 13.0. The van der Waals surface area contributed by atoms with E-state index in [1.165, 1.54) is 37.3 Å². The van der Waals surface area contributed by atoms with Crippen LogP contribution in [-0.2, 0) is 6.42 Å². The molecule has 1 fully saturated rings. The molecule has 1 aliphatic rings. The van der Waals surface area contributed by atoms with Gasteiger partial charge in [-0.1, -0.05) is 30.3 Å². The molecule has 19 heavy (non-hydrogen) atoms. The van der Waals surface area contributed by atoms with Crippen LogP contribution in [0.1, 0.15) is 5.56 Å². The van der Waals surface area contributed by atoms with Crippen LogP contribution in [0, 0.1) is 0 Å². The van der Waals surface area contributed by atoms with Gasteiger partial charge in [-0.05, 0) is 23.4 Å². The van der Waals surface area contributed by atoms with Crippen LogP contribution in [0.3, 0.4) is 0 Å².